The van der Waals surface area contributed by atoms with Crippen LogP contribution in [-0.4, -0.2) is 61.2 Å². The van der Waals surface area contributed by atoms with Crippen LogP contribution in [0.15, 0.2) is 22.7 Å². The summed E-state index contributed by atoms with van der Waals surface area (Å²) in [5.74, 6) is -0.854. The smallest absolute Gasteiger partial charge is 0.324 e. The molecule has 0 saturated carbocycles. The first-order valence-corrected chi connectivity index (χ1v) is 8.28. The molecule has 0 atom stereocenters. The van der Waals surface area contributed by atoms with Gasteiger partial charge < -0.3 is 10.2 Å². The van der Waals surface area contributed by atoms with Crippen LogP contribution in [0.2, 0.25) is 0 Å². The molecule has 0 aromatic heterocycles. The molecule has 0 bridgehead atoms. The Kier molecular flexibility index (Phi) is 6.59. The summed E-state index contributed by atoms with van der Waals surface area (Å²) in [6.45, 7) is 1.14. The monoisotopic (exact) mass is 411 g/mol. The molecule has 1 fully saturated rings. The fourth-order valence-electron chi connectivity index (χ4n) is 2.49. The van der Waals surface area contributed by atoms with E-state index in [1.165, 1.54) is 17.0 Å². The number of nitrogens with one attached hydrogen (secondary N) is 1. The van der Waals surface area contributed by atoms with Crippen LogP contribution >= 0.6 is 15.9 Å². The predicted octanol–water partition coefficient (Wildman–Crippen LogP) is 3.10. The molecule has 0 radical (unpaired) electrons. The number of carbonyl (C=O) groups is 1. The van der Waals surface area contributed by atoms with Crippen LogP contribution in [0.1, 0.15) is 6.42 Å². The zero-order valence-electron chi connectivity index (χ0n) is 12.9. The van der Waals surface area contributed by atoms with Crippen LogP contribution < -0.4 is 5.32 Å². The van der Waals surface area contributed by atoms with E-state index in [-0.39, 0.29) is 18.0 Å². The lowest BCUT2D eigenvalue weighted by atomic mass is 10.2. The van der Waals surface area contributed by atoms with E-state index in [4.69, 9.17) is 0 Å². The van der Waals surface area contributed by atoms with Crippen molar-refractivity contribution in [2.75, 3.05) is 44.6 Å². The molecule has 1 aromatic carbocycles. The third kappa shape index (κ3) is 6.37. The van der Waals surface area contributed by atoms with Gasteiger partial charge in [0, 0.05) is 43.6 Å². The van der Waals surface area contributed by atoms with Crippen LogP contribution in [0, 0.1) is 5.82 Å². The van der Waals surface area contributed by atoms with Gasteiger partial charge in [-0.05, 0) is 18.2 Å². The Bertz CT molecular complexity index is 574. The molecule has 1 N–H and O–H groups in total. The minimum absolute atomic E-state index is 0.109. The van der Waals surface area contributed by atoms with E-state index >= 15 is 0 Å². The van der Waals surface area contributed by atoms with Crippen molar-refractivity contribution in [3.63, 3.8) is 0 Å². The SMILES string of the molecule is O=C(CCN1CCN(CC(F)(F)F)CC1)Nc1ccc(Br)cc1F. The molecule has 2 rings (SSSR count). The second kappa shape index (κ2) is 8.26. The van der Waals surface area contributed by atoms with E-state index in [9.17, 15) is 22.4 Å². The molecule has 1 saturated heterocycles. The minimum Gasteiger partial charge on any atom is -0.324 e. The van der Waals surface area contributed by atoms with Crippen molar-refractivity contribution in [2.45, 2.75) is 12.6 Å². The number of hydrogen-bond acceptors (Lipinski definition) is 3. The zero-order chi connectivity index (χ0) is 17.7. The van der Waals surface area contributed by atoms with Crippen molar-refractivity contribution < 1.29 is 22.4 Å². The lowest BCUT2D eigenvalue weighted by Gasteiger charge is -2.34. The lowest BCUT2D eigenvalue weighted by Crippen LogP contribution is -2.49. The number of halogens is 5. The molecular weight excluding hydrogens is 394 g/mol. The van der Waals surface area contributed by atoms with Gasteiger partial charge in [-0.3, -0.25) is 9.69 Å². The fraction of sp³-hybridized carbons (Fsp3) is 0.533. The number of hydrogen-bond donors (Lipinski definition) is 1. The van der Waals surface area contributed by atoms with E-state index in [1.807, 2.05) is 4.90 Å². The number of alkyl halides is 3. The highest BCUT2D eigenvalue weighted by Crippen LogP contribution is 2.20. The Hall–Kier alpha value is -1.19. The van der Waals surface area contributed by atoms with E-state index in [0.717, 1.165) is 0 Å². The molecule has 0 aliphatic carbocycles. The molecule has 9 heteroatoms. The number of rotatable bonds is 5. The maximum Gasteiger partial charge on any atom is 0.401 e. The summed E-state index contributed by atoms with van der Waals surface area (Å²) < 4.78 is 51.2. The number of anilines is 1. The molecule has 0 spiro atoms. The summed E-state index contributed by atoms with van der Waals surface area (Å²) >= 11 is 3.13. The topological polar surface area (TPSA) is 35.6 Å². The number of carbonyl (C=O) groups excluding carboxylic acids is 1. The van der Waals surface area contributed by atoms with Gasteiger partial charge in [-0.2, -0.15) is 13.2 Å². The van der Waals surface area contributed by atoms with Gasteiger partial charge in [0.05, 0.1) is 12.2 Å². The van der Waals surface area contributed by atoms with Gasteiger partial charge in [0.25, 0.3) is 0 Å². The largest absolute Gasteiger partial charge is 0.401 e. The van der Waals surface area contributed by atoms with Crippen LogP contribution in [0.5, 0.6) is 0 Å². The zero-order valence-corrected chi connectivity index (χ0v) is 14.5. The summed E-state index contributed by atoms with van der Waals surface area (Å²) in [5.41, 5.74) is 0.109. The van der Waals surface area contributed by atoms with E-state index < -0.39 is 18.5 Å². The molecule has 134 valence electrons. The molecule has 4 nitrogen and oxygen atoms in total. The molecule has 24 heavy (non-hydrogen) atoms. The third-order valence-electron chi connectivity index (χ3n) is 3.73. The first-order valence-electron chi connectivity index (χ1n) is 7.49. The number of benzene rings is 1. The van der Waals surface area contributed by atoms with Crippen molar-refractivity contribution >= 4 is 27.5 Å². The van der Waals surface area contributed by atoms with Gasteiger partial charge in [-0.1, -0.05) is 15.9 Å². The molecule has 1 aliphatic heterocycles. The van der Waals surface area contributed by atoms with Crippen LogP contribution in [0.3, 0.4) is 0 Å². The first kappa shape index (κ1) is 19.1. The Morgan fingerprint density at radius 2 is 1.79 bits per heavy atom. The van der Waals surface area contributed by atoms with Crippen molar-refractivity contribution in [3.8, 4) is 0 Å². The number of amides is 1. The minimum atomic E-state index is -4.18. The lowest BCUT2D eigenvalue weighted by molar-refractivity contribution is -0.149. The summed E-state index contributed by atoms with van der Waals surface area (Å²) in [4.78, 5) is 15.2. The van der Waals surface area contributed by atoms with Gasteiger partial charge in [0.2, 0.25) is 5.91 Å². The standard InChI is InChI=1S/C15H18BrF4N3O/c16-11-1-2-13(12(17)9-11)21-14(24)3-4-22-5-7-23(8-6-22)10-15(18,19)20/h1-2,9H,3-8,10H2,(H,21,24). The number of piperazine rings is 1. The molecule has 0 unspecified atom stereocenters. The van der Waals surface area contributed by atoms with Gasteiger partial charge in [0.1, 0.15) is 5.82 Å². The van der Waals surface area contributed by atoms with Crippen molar-refractivity contribution in [3.05, 3.63) is 28.5 Å². The highest BCUT2D eigenvalue weighted by molar-refractivity contribution is 9.10. The van der Waals surface area contributed by atoms with Gasteiger partial charge in [-0.25, -0.2) is 4.39 Å². The quantitative estimate of drug-likeness (QED) is 0.756. The van der Waals surface area contributed by atoms with Crippen LogP contribution in [0.4, 0.5) is 23.2 Å². The Labute approximate surface area is 145 Å². The van der Waals surface area contributed by atoms with E-state index in [0.29, 0.717) is 37.2 Å². The van der Waals surface area contributed by atoms with E-state index in [2.05, 4.69) is 21.2 Å². The van der Waals surface area contributed by atoms with Gasteiger partial charge in [-0.15, -0.1) is 0 Å². The fourth-order valence-corrected chi connectivity index (χ4v) is 2.82. The van der Waals surface area contributed by atoms with Gasteiger partial charge >= 0.3 is 6.18 Å². The van der Waals surface area contributed by atoms with Crippen molar-refractivity contribution in [1.82, 2.24) is 9.80 Å². The summed E-state index contributed by atoms with van der Waals surface area (Å²) in [7, 11) is 0. The predicted molar refractivity (Wildman–Crippen MR) is 86.3 cm³/mol. The average molecular weight is 412 g/mol. The second-order valence-electron chi connectivity index (χ2n) is 5.66. The van der Waals surface area contributed by atoms with Crippen LogP contribution in [-0.2, 0) is 4.79 Å². The molecular formula is C15H18BrF4N3O. The highest BCUT2D eigenvalue weighted by atomic mass is 79.9. The second-order valence-corrected chi connectivity index (χ2v) is 6.57. The Morgan fingerprint density at radius 3 is 2.38 bits per heavy atom. The van der Waals surface area contributed by atoms with Crippen LogP contribution in [0.25, 0.3) is 0 Å². The molecule has 1 amide bonds. The normalized spacial score (nSPS) is 17.0. The van der Waals surface area contributed by atoms with Crippen molar-refractivity contribution in [1.29, 1.82) is 0 Å². The summed E-state index contributed by atoms with van der Waals surface area (Å²) in [6.07, 6.45) is -4.02. The van der Waals surface area contributed by atoms with E-state index in [1.54, 1.807) is 6.07 Å². The highest BCUT2D eigenvalue weighted by Gasteiger charge is 2.32. The molecule has 1 aliphatic rings. The Morgan fingerprint density at radius 1 is 1.17 bits per heavy atom. The Balaban J connectivity index is 1.71. The average Bonchev–Trinajstić information content (AvgIpc) is 2.48. The summed E-state index contributed by atoms with van der Waals surface area (Å²) in [6, 6.07) is 4.35. The molecule has 1 aromatic rings. The van der Waals surface area contributed by atoms with Crippen molar-refractivity contribution in [2.24, 2.45) is 0 Å². The maximum absolute atomic E-state index is 13.6. The third-order valence-corrected chi connectivity index (χ3v) is 4.22. The summed E-state index contributed by atoms with van der Waals surface area (Å²) in [5, 5.41) is 2.50. The van der Waals surface area contributed by atoms with Gasteiger partial charge in [0.15, 0.2) is 0 Å². The first-order chi connectivity index (χ1) is 11.2. The molecule has 1 heterocycles. The number of nitrogens with zero attached hydrogens (tertiary/aromatic N) is 2. The maximum atomic E-state index is 13.6.